The lowest BCUT2D eigenvalue weighted by molar-refractivity contribution is 0.146. The van der Waals surface area contributed by atoms with E-state index in [2.05, 4.69) is 5.32 Å². The van der Waals surface area contributed by atoms with Crippen molar-refractivity contribution in [2.75, 3.05) is 32.2 Å². The molecule has 0 unspecified atom stereocenters. The third-order valence-corrected chi connectivity index (χ3v) is 1.92. The van der Waals surface area contributed by atoms with Crippen LogP contribution < -0.4 is 15.5 Å². The van der Waals surface area contributed by atoms with Gasteiger partial charge in [-0.15, -0.1) is 0 Å². The second-order valence-electron chi connectivity index (χ2n) is 3.13. The third kappa shape index (κ3) is 3.84. The van der Waals surface area contributed by atoms with Crippen molar-refractivity contribution in [3.63, 3.8) is 0 Å². The minimum Gasteiger partial charge on any atom is -0.489 e. The molecular weight excluding hydrogens is 189 g/mol. The molecule has 0 aliphatic carbocycles. The Morgan fingerprint density at radius 2 is 2.13 bits per heavy atom. The fourth-order valence-corrected chi connectivity index (χ4v) is 1.24. The van der Waals surface area contributed by atoms with E-state index in [0.717, 1.165) is 23.4 Å². The summed E-state index contributed by atoms with van der Waals surface area (Å²) in [5.41, 5.74) is 1.65. The van der Waals surface area contributed by atoms with Crippen LogP contribution in [0.2, 0.25) is 0 Å². The number of anilines is 1. The van der Waals surface area contributed by atoms with Crippen LogP contribution in [0.3, 0.4) is 0 Å². The van der Waals surface area contributed by atoms with Crippen LogP contribution in [0.5, 0.6) is 5.75 Å². The Balaban J connectivity index is 2.67. The smallest absolute Gasteiger partial charge is 0.142 e. The van der Waals surface area contributed by atoms with Gasteiger partial charge in [0.1, 0.15) is 20.2 Å². The van der Waals surface area contributed by atoms with Crippen LogP contribution in [0.4, 0.5) is 5.69 Å². The minimum absolute atomic E-state index is 0.540. The quantitative estimate of drug-likeness (QED) is 0.553. The molecule has 2 radical (unpaired) electrons. The molecule has 0 saturated heterocycles. The summed E-state index contributed by atoms with van der Waals surface area (Å²) in [6, 6.07) is 5.55. The Labute approximate surface area is 92.2 Å². The zero-order valence-electron chi connectivity index (χ0n) is 9.25. The van der Waals surface area contributed by atoms with E-state index < -0.39 is 0 Å². The number of hydrogen-bond donors (Lipinski definition) is 1. The first-order valence-electron chi connectivity index (χ1n) is 5.03. The lowest BCUT2D eigenvalue weighted by atomic mass is 9.95. The lowest BCUT2D eigenvalue weighted by Gasteiger charge is -2.12. The average Bonchev–Trinajstić information content (AvgIpc) is 2.22. The SMILES string of the molecule is [B]c1ccc(OCCOC)c(NCC)c1. The number of benzene rings is 1. The average molecular weight is 205 g/mol. The lowest BCUT2D eigenvalue weighted by Crippen LogP contribution is -2.10. The van der Waals surface area contributed by atoms with Gasteiger partial charge < -0.3 is 14.8 Å². The zero-order chi connectivity index (χ0) is 11.1. The Kier molecular flexibility index (Phi) is 5.05. The fourth-order valence-electron chi connectivity index (χ4n) is 1.24. The van der Waals surface area contributed by atoms with Crippen LogP contribution in [-0.4, -0.2) is 34.7 Å². The number of methoxy groups -OCH3 is 1. The van der Waals surface area contributed by atoms with E-state index in [0.29, 0.717) is 13.2 Å². The normalized spacial score (nSPS) is 10.0. The molecule has 0 saturated carbocycles. The van der Waals surface area contributed by atoms with Crippen molar-refractivity contribution in [2.24, 2.45) is 0 Å². The maximum atomic E-state index is 5.69. The highest BCUT2D eigenvalue weighted by Gasteiger charge is 2.02. The zero-order valence-corrected chi connectivity index (χ0v) is 9.25. The van der Waals surface area contributed by atoms with Crippen LogP contribution >= 0.6 is 0 Å². The molecule has 0 heterocycles. The van der Waals surface area contributed by atoms with Crippen LogP contribution in [-0.2, 0) is 4.74 Å². The van der Waals surface area contributed by atoms with Crippen molar-refractivity contribution in [3.05, 3.63) is 18.2 Å². The van der Waals surface area contributed by atoms with Crippen molar-refractivity contribution < 1.29 is 9.47 Å². The Hall–Kier alpha value is -1.16. The fraction of sp³-hybridized carbons (Fsp3) is 0.455. The predicted molar refractivity (Wildman–Crippen MR) is 63.4 cm³/mol. The molecular formula is C11H16BNO2. The van der Waals surface area contributed by atoms with Gasteiger partial charge >= 0.3 is 0 Å². The molecule has 1 aromatic carbocycles. The van der Waals surface area contributed by atoms with Gasteiger partial charge in [-0.1, -0.05) is 11.5 Å². The topological polar surface area (TPSA) is 30.5 Å². The highest BCUT2D eigenvalue weighted by molar-refractivity contribution is 6.32. The van der Waals surface area contributed by atoms with Gasteiger partial charge in [0.15, 0.2) is 0 Å². The first-order valence-corrected chi connectivity index (χ1v) is 5.03. The van der Waals surface area contributed by atoms with Gasteiger partial charge in [-0.2, -0.15) is 0 Å². The molecule has 0 aliphatic rings. The maximum absolute atomic E-state index is 5.69. The van der Waals surface area contributed by atoms with E-state index in [1.807, 2.05) is 25.1 Å². The Bertz CT molecular complexity index is 305. The molecule has 0 amide bonds. The van der Waals surface area contributed by atoms with Crippen molar-refractivity contribution in [2.45, 2.75) is 6.92 Å². The molecule has 15 heavy (non-hydrogen) atoms. The number of rotatable bonds is 6. The molecule has 0 aromatic heterocycles. The summed E-state index contributed by atoms with van der Waals surface area (Å²) in [6.07, 6.45) is 0. The monoisotopic (exact) mass is 205 g/mol. The number of ether oxygens (including phenoxy) is 2. The molecule has 80 valence electrons. The first-order chi connectivity index (χ1) is 7.27. The molecule has 3 nitrogen and oxygen atoms in total. The minimum atomic E-state index is 0.540. The molecule has 0 atom stereocenters. The van der Waals surface area contributed by atoms with Crippen molar-refractivity contribution >= 4 is 19.0 Å². The van der Waals surface area contributed by atoms with E-state index in [9.17, 15) is 0 Å². The van der Waals surface area contributed by atoms with Gasteiger partial charge in [0.2, 0.25) is 0 Å². The van der Waals surface area contributed by atoms with Crippen LogP contribution in [0.1, 0.15) is 6.92 Å². The number of hydrogen-bond acceptors (Lipinski definition) is 3. The molecule has 1 aromatic rings. The predicted octanol–water partition coefficient (Wildman–Crippen LogP) is 0.937. The summed E-state index contributed by atoms with van der Waals surface area (Å²) in [5.74, 6) is 0.808. The third-order valence-electron chi connectivity index (χ3n) is 1.92. The summed E-state index contributed by atoms with van der Waals surface area (Å²) in [7, 11) is 7.34. The van der Waals surface area contributed by atoms with Crippen molar-refractivity contribution in [1.29, 1.82) is 0 Å². The van der Waals surface area contributed by atoms with Gasteiger partial charge in [0, 0.05) is 13.7 Å². The van der Waals surface area contributed by atoms with E-state index in [1.54, 1.807) is 7.11 Å². The molecule has 0 fully saturated rings. The van der Waals surface area contributed by atoms with E-state index >= 15 is 0 Å². The van der Waals surface area contributed by atoms with Gasteiger partial charge in [-0.05, 0) is 19.1 Å². The molecule has 1 rings (SSSR count). The van der Waals surface area contributed by atoms with Crippen LogP contribution in [0.15, 0.2) is 18.2 Å². The molecule has 0 bridgehead atoms. The summed E-state index contributed by atoms with van der Waals surface area (Å²) in [4.78, 5) is 0. The van der Waals surface area contributed by atoms with E-state index in [1.165, 1.54) is 0 Å². The van der Waals surface area contributed by atoms with Gasteiger partial charge in [-0.25, -0.2) is 0 Å². The first kappa shape index (κ1) is 11.9. The number of nitrogens with one attached hydrogen (secondary N) is 1. The molecule has 0 aliphatic heterocycles. The second-order valence-corrected chi connectivity index (χ2v) is 3.13. The Morgan fingerprint density at radius 1 is 1.33 bits per heavy atom. The maximum Gasteiger partial charge on any atom is 0.142 e. The molecule has 1 N–H and O–H groups in total. The van der Waals surface area contributed by atoms with Gasteiger partial charge in [-0.3, -0.25) is 0 Å². The van der Waals surface area contributed by atoms with Crippen LogP contribution in [0, 0.1) is 0 Å². The molecule has 0 spiro atoms. The van der Waals surface area contributed by atoms with Crippen LogP contribution in [0.25, 0.3) is 0 Å². The molecule has 4 heteroatoms. The summed E-state index contributed by atoms with van der Waals surface area (Å²) >= 11 is 0. The summed E-state index contributed by atoms with van der Waals surface area (Å²) in [6.45, 7) is 3.99. The van der Waals surface area contributed by atoms with Gasteiger partial charge in [0.25, 0.3) is 0 Å². The van der Waals surface area contributed by atoms with E-state index in [4.69, 9.17) is 17.3 Å². The highest BCUT2D eigenvalue weighted by atomic mass is 16.5. The van der Waals surface area contributed by atoms with Crippen molar-refractivity contribution in [3.8, 4) is 5.75 Å². The van der Waals surface area contributed by atoms with Crippen molar-refractivity contribution in [1.82, 2.24) is 0 Å². The summed E-state index contributed by atoms with van der Waals surface area (Å²) < 4.78 is 10.5. The highest BCUT2D eigenvalue weighted by Crippen LogP contribution is 2.22. The Morgan fingerprint density at radius 3 is 2.80 bits per heavy atom. The van der Waals surface area contributed by atoms with Gasteiger partial charge in [0.05, 0.1) is 12.3 Å². The second kappa shape index (κ2) is 6.35. The summed E-state index contributed by atoms with van der Waals surface area (Å²) in [5, 5.41) is 3.20. The largest absolute Gasteiger partial charge is 0.489 e. The van der Waals surface area contributed by atoms with E-state index in [-0.39, 0.29) is 0 Å². The standard InChI is InChI=1S/C11H16BNO2/c1-3-13-10-8-9(12)4-5-11(10)15-7-6-14-2/h4-5,8,13H,3,6-7H2,1-2H3.